The summed E-state index contributed by atoms with van der Waals surface area (Å²) in [7, 11) is 0. The van der Waals surface area contributed by atoms with E-state index in [2.05, 4.69) is 10.7 Å². The molecule has 1 aliphatic rings. The second-order valence-corrected chi connectivity index (χ2v) is 4.86. The van der Waals surface area contributed by atoms with Crippen molar-refractivity contribution in [3.8, 4) is 0 Å². The molecule has 0 saturated heterocycles. The van der Waals surface area contributed by atoms with Crippen molar-refractivity contribution in [1.82, 2.24) is 10.7 Å². The van der Waals surface area contributed by atoms with E-state index in [1.165, 1.54) is 31.2 Å². The molecule has 1 aromatic rings. The van der Waals surface area contributed by atoms with Crippen molar-refractivity contribution < 1.29 is 4.79 Å². The van der Waals surface area contributed by atoms with Crippen molar-refractivity contribution >= 4 is 5.91 Å². The average Bonchev–Trinajstić information content (AvgIpc) is 3.22. The lowest BCUT2D eigenvalue weighted by molar-refractivity contribution is 0.0953. The lowest BCUT2D eigenvalue weighted by Gasteiger charge is -2.04. The molecule has 1 aromatic carbocycles. The number of nitrogen functional groups attached to an aromatic ring is 1. The van der Waals surface area contributed by atoms with Crippen LogP contribution in [0.1, 0.15) is 41.6 Å². The quantitative estimate of drug-likeness (QED) is 0.295. The van der Waals surface area contributed by atoms with E-state index < -0.39 is 0 Å². The van der Waals surface area contributed by atoms with E-state index in [1.54, 1.807) is 0 Å². The summed E-state index contributed by atoms with van der Waals surface area (Å²) >= 11 is 0. The number of carbonyl (C=O) groups excluding carboxylic acids is 1. The molecule has 1 amide bonds. The van der Waals surface area contributed by atoms with Gasteiger partial charge in [0.2, 0.25) is 0 Å². The summed E-state index contributed by atoms with van der Waals surface area (Å²) in [5, 5.41) is 3.51. The van der Waals surface area contributed by atoms with Gasteiger partial charge in [-0.2, -0.15) is 0 Å². The molecular formula is C14H21N3O. The standard InChI is InChI=1S/C14H21N3O/c15-17-14(18)12-6-4-11(5-7-12)3-1-2-10-16-13-8-9-13/h4-7,13,16H,1-3,8-10,15H2,(H,17,18). The Morgan fingerprint density at radius 1 is 1.22 bits per heavy atom. The molecule has 98 valence electrons. The Labute approximate surface area is 108 Å². The van der Waals surface area contributed by atoms with Crippen LogP contribution < -0.4 is 16.6 Å². The number of nitrogens with one attached hydrogen (secondary N) is 2. The van der Waals surface area contributed by atoms with Crippen LogP contribution in [0.5, 0.6) is 0 Å². The van der Waals surface area contributed by atoms with E-state index in [4.69, 9.17) is 5.84 Å². The lowest BCUT2D eigenvalue weighted by Crippen LogP contribution is -2.29. The van der Waals surface area contributed by atoms with Gasteiger partial charge in [-0.15, -0.1) is 0 Å². The highest BCUT2D eigenvalue weighted by Crippen LogP contribution is 2.18. The summed E-state index contributed by atoms with van der Waals surface area (Å²) in [6.45, 7) is 1.12. The van der Waals surface area contributed by atoms with Gasteiger partial charge in [-0.05, 0) is 56.3 Å². The van der Waals surface area contributed by atoms with Crippen LogP contribution in [0.2, 0.25) is 0 Å². The first kappa shape index (κ1) is 13.1. The molecule has 4 N–H and O–H groups in total. The van der Waals surface area contributed by atoms with Gasteiger partial charge in [-0.1, -0.05) is 12.1 Å². The molecule has 2 rings (SSSR count). The number of rotatable bonds is 7. The molecule has 0 aliphatic heterocycles. The third-order valence-corrected chi connectivity index (χ3v) is 3.25. The Bertz CT molecular complexity index is 385. The second-order valence-electron chi connectivity index (χ2n) is 4.86. The molecule has 0 bridgehead atoms. The van der Waals surface area contributed by atoms with Crippen molar-refractivity contribution in [3.63, 3.8) is 0 Å². The fraction of sp³-hybridized carbons (Fsp3) is 0.500. The number of hydrazine groups is 1. The average molecular weight is 247 g/mol. The first-order valence-corrected chi connectivity index (χ1v) is 6.63. The maximum atomic E-state index is 11.2. The predicted molar refractivity (Wildman–Crippen MR) is 72.1 cm³/mol. The summed E-state index contributed by atoms with van der Waals surface area (Å²) in [5.41, 5.74) is 4.01. The van der Waals surface area contributed by atoms with E-state index in [1.807, 2.05) is 24.3 Å². The zero-order valence-corrected chi connectivity index (χ0v) is 10.6. The molecule has 4 heteroatoms. The number of unbranched alkanes of at least 4 members (excludes halogenated alkanes) is 1. The van der Waals surface area contributed by atoms with Crippen LogP contribution in [0.25, 0.3) is 0 Å². The molecule has 1 fully saturated rings. The molecule has 0 aromatic heterocycles. The van der Waals surface area contributed by atoms with Crippen LogP contribution in [0.4, 0.5) is 0 Å². The normalized spacial score (nSPS) is 14.5. The highest BCUT2D eigenvalue weighted by Gasteiger charge is 2.19. The molecule has 18 heavy (non-hydrogen) atoms. The summed E-state index contributed by atoms with van der Waals surface area (Å²) in [5.74, 6) is 4.84. The van der Waals surface area contributed by atoms with Crippen molar-refractivity contribution in [2.24, 2.45) is 5.84 Å². The number of aryl methyl sites for hydroxylation is 1. The van der Waals surface area contributed by atoms with Gasteiger partial charge in [-0.25, -0.2) is 5.84 Å². The molecule has 0 heterocycles. The number of hydrogen-bond acceptors (Lipinski definition) is 3. The van der Waals surface area contributed by atoms with Gasteiger partial charge in [0.1, 0.15) is 0 Å². The Morgan fingerprint density at radius 2 is 1.94 bits per heavy atom. The van der Waals surface area contributed by atoms with E-state index in [-0.39, 0.29) is 5.91 Å². The summed E-state index contributed by atoms with van der Waals surface area (Å²) in [6, 6.07) is 8.44. The van der Waals surface area contributed by atoms with Crippen molar-refractivity contribution in [3.05, 3.63) is 35.4 Å². The topological polar surface area (TPSA) is 67.1 Å². The smallest absolute Gasteiger partial charge is 0.265 e. The summed E-state index contributed by atoms with van der Waals surface area (Å²) in [6.07, 6.45) is 6.16. The Hall–Kier alpha value is -1.39. The number of amides is 1. The van der Waals surface area contributed by atoms with Gasteiger partial charge in [0.25, 0.3) is 5.91 Å². The summed E-state index contributed by atoms with van der Waals surface area (Å²) < 4.78 is 0. The molecule has 1 aliphatic carbocycles. The highest BCUT2D eigenvalue weighted by atomic mass is 16.2. The summed E-state index contributed by atoms with van der Waals surface area (Å²) in [4.78, 5) is 11.2. The van der Waals surface area contributed by atoms with Gasteiger partial charge in [0, 0.05) is 11.6 Å². The van der Waals surface area contributed by atoms with Crippen LogP contribution >= 0.6 is 0 Å². The van der Waals surface area contributed by atoms with Gasteiger partial charge >= 0.3 is 0 Å². The largest absolute Gasteiger partial charge is 0.314 e. The number of hydrogen-bond donors (Lipinski definition) is 3. The van der Waals surface area contributed by atoms with E-state index in [0.717, 1.165) is 19.0 Å². The van der Waals surface area contributed by atoms with Crippen molar-refractivity contribution in [1.29, 1.82) is 0 Å². The number of nitrogens with two attached hydrogens (primary N) is 1. The van der Waals surface area contributed by atoms with Gasteiger partial charge in [0.05, 0.1) is 0 Å². The van der Waals surface area contributed by atoms with Crippen molar-refractivity contribution in [2.75, 3.05) is 6.54 Å². The highest BCUT2D eigenvalue weighted by molar-refractivity contribution is 5.93. The molecular weight excluding hydrogens is 226 g/mol. The molecule has 4 nitrogen and oxygen atoms in total. The molecule has 0 atom stereocenters. The second kappa shape index (κ2) is 6.52. The van der Waals surface area contributed by atoms with E-state index >= 15 is 0 Å². The number of carbonyl (C=O) groups is 1. The zero-order chi connectivity index (χ0) is 12.8. The van der Waals surface area contributed by atoms with Crippen LogP contribution in [0.15, 0.2) is 24.3 Å². The monoisotopic (exact) mass is 247 g/mol. The van der Waals surface area contributed by atoms with Gasteiger partial charge < -0.3 is 5.32 Å². The Morgan fingerprint density at radius 3 is 2.56 bits per heavy atom. The lowest BCUT2D eigenvalue weighted by atomic mass is 10.1. The third kappa shape index (κ3) is 4.13. The minimum atomic E-state index is -0.241. The fourth-order valence-corrected chi connectivity index (χ4v) is 1.95. The first-order valence-electron chi connectivity index (χ1n) is 6.63. The fourth-order valence-electron chi connectivity index (χ4n) is 1.95. The molecule has 1 saturated carbocycles. The predicted octanol–water partition coefficient (Wildman–Crippen LogP) is 1.36. The SMILES string of the molecule is NNC(=O)c1ccc(CCCCNC2CC2)cc1. The minimum absolute atomic E-state index is 0.241. The van der Waals surface area contributed by atoms with Gasteiger partial charge in [-0.3, -0.25) is 10.2 Å². The van der Waals surface area contributed by atoms with Crippen LogP contribution in [0, 0.1) is 0 Å². The number of benzene rings is 1. The van der Waals surface area contributed by atoms with E-state index in [0.29, 0.717) is 5.56 Å². The molecule has 0 radical (unpaired) electrons. The maximum Gasteiger partial charge on any atom is 0.265 e. The van der Waals surface area contributed by atoms with Crippen molar-refractivity contribution in [2.45, 2.75) is 38.1 Å². The maximum absolute atomic E-state index is 11.2. The first-order chi connectivity index (χ1) is 8.79. The van der Waals surface area contributed by atoms with E-state index in [9.17, 15) is 4.79 Å². The zero-order valence-electron chi connectivity index (χ0n) is 10.6. The molecule has 0 unspecified atom stereocenters. The Kier molecular flexibility index (Phi) is 4.73. The van der Waals surface area contributed by atoms with Crippen LogP contribution in [-0.4, -0.2) is 18.5 Å². The molecule has 0 spiro atoms. The van der Waals surface area contributed by atoms with Crippen LogP contribution in [0.3, 0.4) is 0 Å². The third-order valence-electron chi connectivity index (χ3n) is 3.25. The van der Waals surface area contributed by atoms with Crippen LogP contribution in [-0.2, 0) is 6.42 Å². The Balaban J connectivity index is 1.67. The van der Waals surface area contributed by atoms with Gasteiger partial charge in [0.15, 0.2) is 0 Å². The minimum Gasteiger partial charge on any atom is -0.314 e.